The molecular formula is C20H22Cl2N6. The van der Waals surface area contributed by atoms with Gasteiger partial charge >= 0.3 is 0 Å². The molecule has 8 N–H and O–H groups in total. The van der Waals surface area contributed by atoms with Gasteiger partial charge in [-0.05, 0) is 46.5 Å². The predicted octanol–water partition coefficient (Wildman–Crippen LogP) is 3.67. The van der Waals surface area contributed by atoms with Crippen molar-refractivity contribution in [1.29, 1.82) is 0 Å². The number of nitrogens with zero attached hydrogens (tertiary/aromatic N) is 2. The second-order valence-electron chi connectivity index (χ2n) is 5.74. The van der Waals surface area contributed by atoms with Gasteiger partial charge in [-0.15, -0.1) is 24.8 Å². The van der Waals surface area contributed by atoms with Crippen LogP contribution in [0.1, 0.15) is 0 Å². The molecule has 0 bridgehead atoms. The Morgan fingerprint density at radius 1 is 0.429 bits per heavy atom. The summed E-state index contributed by atoms with van der Waals surface area (Å²) in [6.07, 6.45) is 0. The van der Waals surface area contributed by atoms with Gasteiger partial charge in [0.1, 0.15) is 0 Å². The topological polar surface area (TPSA) is 129 Å². The van der Waals surface area contributed by atoms with E-state index in [1.54, 1.807) is 0 Å². The quantitative estimate of drug-likeness (QED) is 0.381. The highest BCUT2D eigenvalue weighted by Crippen LogP contribution is 2.27. The summed E-state index contributed by atoms with van der Waals surface area (Å²) in [4.78, 5) is 8.04. The van der Waals surface area contributed by atoms with Crippen molar-refractivity contribution >= 4 is 48.1 Å². The zero-order chi connectivity index (χ0) is 18.5. The molecule has 3 aromatic carbocycles. The smallest absolute Gasteiger partial charge is 0.191 e. The molecule has 28 heavy (non-hydrogen) atoms. The van der Waals surface area contributed by atoms with Crippen molar-refractivity contribution in [3.05, 3.63) is 72.8 Å². The maximum atomic E-state index is 5.39. The summed E-state index contributed by atoms with van der Waals surface area (Å²) in [7, 11) is 0. The first-order valence-corrected chi connectivity index (χ1v) is 8.01. The number of rotatable bonds is 4. The normalized spacial score (nSPS) is 9.43. The van der Waals surface area contributed by atoms with E-state index in [0.717, 1.165) is 33.6 Å². The number of nitrogens with two attached hydrogens (primary N) is 4. The molecule has 146 valence electrons. The van der Waals surface area contributed by atoms with Gasteiger partial charge in [0.15, 0.2) is 11.9 Å². The van der Waals surface area contributed by atoms with E-state index in [0.29, 0.717) is 0 Å². The highest BCUT2D eigenvalue weighted by Gasteiger charge is 2.01. The molecule has 0 aliphatic carbocycles. The number of aliphatic imine (C=N–C) groups is 2. The third-order valence-electron chi connectivity index (χ3n) is 3.80. The van der Waals surface area contributed by atoms with Gasteiger partial charge in [-0.25, -0.2) is 9.98 Å². The van der Waals surface area contributed by atoms with Gasteiger partial charge in [0.2, 0.25) is 0 Å². The first-order valence-electron chi connectivity index (χ1n) is 8.01. The SMILES string of the molecule is Cl.Cl.NC(N)=Nc1ccc(-c2ccc(-c3ccc(N=C(N)N)cc3)cc2)cc1. The summed E-state index contributed by atoms with van der Waals surface area (Å²) in [6, 6.07) is 23.8. The second kappa shape index (κ2) is 10.2. The van der Waals surface area contributed by atoms with Crippen LogP contribution in [0, 0.1) is 0 Å². The van der Waals surface area contributed by atoms with Crippen molar-refractivity contribution in [3.63, 3.8) is 0 Å². The van der Waals surface area contributed by atoms with E-state index in [1.165, 1.54) is 0 Å². The summed E-state index contributed by atoms with van der Waals surface area (Å²) in [6.45, 7) is 0. The minimum atomic E-state index is 0. The minimum Gasteiger partial charge on any atom is -0.370 e. The second-order valence-corrected chi connectivity index (χ2v) is 5.74. The van der Waals surface area contributed by atoms with Gasteiger partial charge in [0, 0.05) is 0 Å². The van der Waals surface area contributed by atoms with E-state index in [2.05, 4.69) is 34.3 Å². The van der Waals surface area contributed by atoms with Gasteiger partial charge in [-0.3, -0.25) is 0 Å². The Balaban J connectivity index is 0.00000196. The van der Waals surface area contributed by atoms with E-state index in [4.69, 9.17) is 22.9 Å². The van der Waals surface area contributed by atoms with Crippen LogP contribution in [-0.2, 0) is 0 Å². The van der Waals surface area contributed by atoms with Crippen molar-refractivity contribution in [3.8, 4) is 22.3 Å². The first kappa shape index (κ1) is 22.8. The molecule has 0 unspecified atom stereocenters. The summed E-state index contributed by atoms with van der Waals surface area (Å²) < 4.78 is 0. The molecular weight excluding hydrogens is 395 g/mol. The summed E-state index contributed by atoms with van der Waals surface area (Å²) >= 11 is 0. The van der Waals surface area contributed by atoms with Crippen molar-refractivity contribution < 1.29 is 0 Å². The van der Waals surface area contributed by atoms with Crippen LogP contribution in [0.2, 0.25) is 0 Å². The molecule has 3 aromatic rings. The van der Waals surface area contributed by atoms with Crippen molar-refractivity contribution in [2.75, 3.05) is 0 Å². The molecule has 0 aliphatic rings. The molecule has 0 atom stereocenters. The van der Waals surface area contributed by atoms with Crippen molar-refractivity contribution in [1.82, 2.24) is 0 Å². The standard InChI is InChI=1S/C20H20N6.2ClH/c21-19(22)25-17-9-5-15(6-10-17)13-1-2-14(4-3-13)16-7-11-18(12-8-16)26-20(23)24;;/h1-12H,(H4,21,22,25)(H4,23,24,26);2*1H. The number of hydrogen-bond donors (Lipinski definition) is 4. The predicted molar refractivity (Wildman–Crippen MR) is 123 cm³/mol. The Morgan fingerprint density at radius 3 is 0.857 bits per heavy atom. The molecule has 0 saturated carbocycles. The molecule has 6 nitrogen and oxygen atoms in total. The highest BCUT2D eigenvalue weighted by atomic mass is 35.5. The Morgan fingerprint density at radius 2 is 0.643 bits per heavy atom. The summed E-state index contributed by atoms with van der Waals surface area (Å²) in [5, 5.41) is 0. The Bertz CT molecular complexity index is 861. The van der Waals surface area contributed by atoms with Gasteiger partial charge in [-0.2, -0.15) is 0 Å². The zero-order valence-electron chi connectivity index (χ0n) is 14.9. The lowest BCUT2D eigenvalue weighted by Crippen LogP contribution is -2.21. The fourth-order valence-corrected chi connectivity index (χ4v) is 2.61. The van der Waals surface area contributed by atoms with Crippen LogP contribution >= 0.6 is 24.8 Å². The molecule has 0 heterocycles. The van der Waals surface area contributed by atoms with E-state index < -0.39 is 0 Å². The maximum absolute atomic E-state index is 5.39. The summed E-state index contributed by atoms with van der Waals surface area (Å²) in [5.74, 6) is 0.0981. The average molecular weight is 417 g/mol. The fourth-order valence-electron chi connectivity index (χ4n) is 2.61. The van der Waals surface area contributed by atoms with E-state index >= 15 is 0 Å². The van der Waals surface area contributed by atoms with E-state index in [9.17, 15) is 0 Å². The number of halogens is 2. The van der Waals surface area contributed by atoms with Crippen molar-refractivity contribution in [2.45, 2.75) is 0 Å². The average Bonchev–Trinajstić information content (AvgIpc) is 2.62. The van der Waals surface area contributed by atoms with Crippen LogP contribution in [-0.4, -0.2) is 11.9 Å². The molecule has 0 fully saturated rings. The fraction of sp³-hybridized carbons (Fsp3) is 0. The van der Waals surface area contributed by atoms with E-state index in [1.807, 2.05) is 48.5 Å². The lowest BCUT2D eigenvalue weighted by molar-refractivity contribution is 1.42. The lowest BCUT2D eigenvalue weighted by Gasteiger charge is -2.06. The molecule has 0 aromatic heterocycles. The van der Waals surface area contributed by atoms with Crippen molar-refractivity contribution in [2.24, 2.45) is 32.9 Å². The van der Waals surface area contributed by atoms with Crippen LogP contribution < -0.4 is 22.9 Å². The van der Waals surface area contributed by atoms with Gasteiger partial charge in [0.05, 0.1) is 11.4 Å². The molecule has 8 heteroatoms. The third-order valence-corrected chi connectivity index (χ3v) is 3.80. The van der Waals surface area contributed by atoms with Gasteiger partial charge < -0.3 is 22.9 Å². The van der Waals surface area contributed by atoms with Crippen LogP contribution in [0.3, 0.4) is 0 Å². The Kier molecular flexibility index (Phi) is 8.31. The molecule has 0 radical (unpaired) electrons. The minimum absolute atomic E-state index is 0. The largest absolute Gasteiger partial charge is 0.370 e. The van der Waals surface area contributed by atoms with Crippen LogP contribution in [0.5, 0.6) is 0 Å². The molecule has 0 saturated heterocycles. The third kappa shape index (κ3) is 5.90. The van der Waals surface area contributed by atoms with E-state index in [-0.39, 0.29) is 36.7 Å². The molecule has 3 rings (SSSR count). The number of hydrogen-bond acceptors (Lipinski definition) is 2. The van der Waals surface area contributed by atoms with Crippen LogP contribution in [0.4, 0.5) is 11.4 Å². The van der Waals surface area contributed by atoms with Crippen LogP contribution in [0.25, 0.3) is 22.3 Å². The molecule has 0 spiro atoms. The first-order chi connectivity index (χ1) is 12.5. The molecule has 0 amide bonds. The Labute approximate surface area is 176 Å². The highest BCUT2D eigenvalue weighted by molar-refractivity contribution is 5.85. The zero-order valence-corrected chi connectivity index (χ0v) is 16.6. The number of guanidine groups is 2. The van der Waals surface area contributed by atoms with Gasteiger partial charge in [-0.1, -0.05) is 48.5 Å². The Hall–Kier alpha value is -3.22. The molecule has 0 aliphatic heterocycles. The monoisotopic (exact) mass is 416 g/mol. The summed E-state index contributed by atoms with van der Waals surface area (Å²) in [5.41, 5.74) is 27.4. The number of benzene rings is 3. The van der Waals surface area contributed by atoms with Crippen LogP contribution in [0.15, 0.2) is 82.8 Å². The maximum Gasteiger partial charge on any atom is 0.191 e. The van der Waals surface area contributed by atoms with Gasteiger partial charge in [0.25, 0.3) is 0 Å². The lowest BCUT2D eigenvalue weighted by atomic mass is 10.00.